The zero-order chi connectivity index (χ0) is 11.1. The third-order valence-corrected chi connectivity index (χ3v) is 2.50. The van der Waals surface area contributed by atoms with Crippen LogP contribution in [0.3, 0.4) is 0 Å². The first-order valence-electron chi connectivity index (χ1n) is 5.75. The molecule has 0 unspecified atom stereocenters. The molecule has 1 aromatic heterocycles. The number of hydrogen-bond donors (Lipinski definition) is 1. The quantitative estimate of drug-likeness (QED) is 0.685. The van der Waals surface area contributed by atoms with Gasteiger partial charge in [0.1, 0.15) is 0 Å². The Balaban J connectivity index is 2.31. The molecule has 0 aromatic carbocycles. The van der Waals surface area contributed by atoms with Gasteiger partial charge < -0.3 is 5.32 Å². The minimum atomic E-state index is 0.0924. The Hall–Kier alpha value is -1.03. The van der Waals surface area contributed by atoms with E-state index in [9.17, 15) is 4.79 Å². The number of imidazole rings is 1. The van der Waals surface area contributed by atoms with E-state index in [1.807, 2.05) is 19.3 Å². The first kappa shape index (κ1) is 12.0. The van der Waals surface area contributed by atoms with Gasteiger partial charge in [-0.25, -0.2) is 4.79 Å². The lowest BCUT2D eigenvalue weighted by atomic mass is 10.3. The highest BCUT2D eigenvalue weighted by molar-refractivity contribution is 4.81. The van der Waals surface area contributed by atoms with Gasteiger partial charge in [-0.2, -0.15) is 0 Å². The molecule has 0 bridgehead atoms. The Morgan fingerprint density at radius 3 is 2.53 bits per heavy atom. The molecule has 0 spiro atoms. The zero-order valence-corrected chi connectivity index (χ0v) is 9.70. The van der Waals surface area contributed by atoms with Gasteiger partial charge in [-0.3, -0.25) is 9.13 Å². The van der Waals surface area contributed by atoms with Crippen LogP contribution in [-0.4, -0.2) is 22.2 Å². The molecule has 4 heteroatoms. The fourth-order valence-electron chi connectivity index (χ4n) is 1.49. The van der Waals surface area contributed by atoms with Crippen molar-refractivity contribution in [3.05, 3.63) is 22.9 Å². The summed E-state index contributed by atoms with van der Waals surface area (Å²) in [5, 5.41) is 3.32. The van der Waals surface area contributed by atoms with Crippen LogP contribution in [0.4, 0.5) is 0 Å². The molecule has 1 rings (SSSR count). The van der Waals surface area contributed by atoms with Crippen LogP contribution in [0.25, 0.3) is 0 Å². The van der Waals surface area contributed by atoms with Gasteiger partial charge in [-0.15, -0.1) is 0 Å². The fourth-order valence-corrected chi connectivity index (χ4v) is 1.49. The summed E-state index contributed by atoms with van der Waals surface area (Å²) in [6, 6.07) is 0. The summed E-state index contributed by atoms with van der Waals surface area (Å²) in [4.78, 5) is 11.6. The molecule has 0 amide bonds. The van der Waals surface area contributed by atoms with Gasteiger partial charge in [0.25, 0.3) is 0 Å². The highest BCUT2D eigenvalue weighted by atomic mass is 16.1. The van der Waals surface area contributed by atoms with E-state index in [0.29, 0.717) is 0 Å². The van der Waals surface area contributed by atoms with Gasteiger partial charge in [0.2, 0.25) is 0 Å². The number of aromatic nitrogens is 2. The van der Waals surface area contributed by atoms with Crippen molar-refractivity contribution in [1.82, 2.24) is 14.5 Å². The van der Waals surface area contributed by atoms with Gasteiger partial charge in [0.05, 0.1) is 0 Å². The van der Waals surface area contributed by atoms with E-state index < -0.39 is 0 Å². The fraction of sp³-hybridized carbons (Fsp3) is 0.727. The normalized spacial score (nSPS) is 10.8. The van der Waals surface area contributed by atoms with E-state index in [4.69, 9.17) is 0 Å². The largest absolute Gasteiger partial charge is 0.328 e. The third kappa shape index (κ3) is 3.55. The molecular formula is C11H21N3O. The van der Waals surface area contributed by atoms with Crippen LogP contribution in [0.15, 0.2) is 17.2 Å². The van der Waals surface area contributed by atoms with Crippen molar-refractivity contribution in [2.24, 2.45) is 0 Å². The monoisotopic (exact) mass is 211 g/mol. The molecule has 0 aliphatic rings. The number of unbranched alkanes of at least 4 members (excludes halogenated alkanes) is 1. The van der Waals surface area contributed by atoms with E-state index in [-0.39, 0.29) is 5.69 Å². The van der Waals surface area contributed by atoms with Gasteiger partial charge in [0.15, 0.2) is 0 Å². The summed E-state index contributed by atoms with van der Waals surface area (Å²) in [7, 11) is 0. The smallest absolute Gasteiger partial charge is 0.315 e. The molecule has 0 aliphatic carbocycles. The lowest BCUT2D eigenvalue weighted by molar-refractivity contribution is 0.560. The molecule has 0 fully saturated rings. The molecule has 0 saturated heterocycles. The van der Waals surface area contributed by atoms with Gasteiger partial charge >= 0.3 is 5.69 Å². The molecule has 1 heterocycles. The second-order valence-corrected chi connectivity index (χ2v) is 3.66. The Labute approximate surface area is 90.9 Å². The molecule has 1 N–H and O–H groups in total. The second-order valence-electron chi connectivity index (χ2n) is 3.66. The molecular weight excluding hydrogens is 190 g/mol. The Morgan fingerprint density at radius 2 is 1.93 bits per heavy atom. The average Bonchev–Trinajstić information content (AvgIpc) is 2.60. The Morgan fingerprint density at radius 1 is 1.20 bits per heavy atom. The topological polar surface area (TPSA) is 39.0 Å². The summed E-state index contributed by atoms with van der Waals surface area (Å²) < 4.78 is 3.47. The predicted molar refractivity (Wildman–Crippen MR) is 62.1 cm³/mol. The lowest BCUT2D eigenvalue weighted by Gasteiger charge is -2.03. The van der Waals surface area contributed by atoms with Crippen LogP contribution >= 0.6 is 0 Å². The summed E-state index contributed by atoms with van der Waals surface area (Å²) in [6.07, 6.45) is 6.10. The highest BCUT2D eigenvalue weighted by Gasteiger charge is 1.99. The third-order valence-electron chi connectivity index (χ3n) is 2.50. The standard InChI is InChI=1S/C11H21N3O/c1-3-5-6-12-7-8-14-10-9-13(4-2)11(14)15/h9-10,12H,3-8H2,1-2H3. The van der Waals surface area contributed by atoms with Crippen LogP contribution in [0, 0.1) is 0 Å². The second kappa shape index (κ2) is 6.45. The van der Waals surface area contributed by atoms with E-state index in [0.717, 1.165) is 26.2 Å². The van der Waals surface area contributed by atoms with Crippen molar-refractivity contribution in [1.29, 1.82) is 0 Å². The molecule has 1 aromatic rings. The van der Waals surface area contributed by atoms with Gasteiger partial charge in [-0.05, 0) is 19.9 Å². The lowest BCUT2D eigenvalue weighted by Crippen LogP contribution is -2.28. The van der Waals surface area contributed by atoms with E-state index in [1.165, 1.54) is 12.8 Å². The van der Waals surface area contributed by atoms with Crippen molar-refractivity contribution in [2.45, 2.75) is 39.8 Å². The zero-order valence-electron chi connectivity index (χ0n) is 9.70. The number of rotatable bonds is 7. The van der Waals surface area contributed by atoms with Crippen molar-refractivity contribution >= 4 is 0 Å². The van der Waals surface area contributed by atoms with Crippen LogP contribution < -0.4 is 11.0 Å². The molecule has 15 heavy (non-hydrogen) atoms. The Kier molecular flexibility index (Phi) is 5.18. The summed E-state index contributed by atoms with van der Waals surface area (Å²) in [6.45, 7) is 7.57. The number of nitrogens with zero attached hydrogens (tertiary/aromatic N) is 2. The summed E-state index contributed by atoms with van der Waals surface area (Å²) >= 11 is 0. The summed E-state index contributed by atoms with van der Waals surface area (Å²) in [5.74, 6) is 0. The number of nitrogens with one attached hydrogen (secondary N) is 1. The minimum absolute atomic E-state index is 0.0924. The molecule has 0 radical (unpaired) electrons. The van der Waals surface area contributed by atoms with Crippen molar-refractivity contribution in [3.63, 3.8) is 0 Å². The van der Waals surface area contributed by atoms with Crippen molar-refractivity contribution < 1.29 is 0 Å². The molecule has 0 atom stereocenters. The SMILES string of the molecule is CCCCNCCn1ccn(CC)c1=O. The van der Waals surface area contributed by atoms with Crippen LogP contribution in [0.5, 0.6) is 0 Å². The van der Waals surface area contributed by atoms with Crippen LogP contribution in [0.1, 0.15) is 26.7 Å². The van der Waals surface area contributed by atoms with Crippen LogP contribution in [-0.2, 0) is 13.1 Å². The van der Waals surface area contributed by atoms with E-state index in [1.54, 1.807) is 9.13 Å². The van der Waals surface area contributed by atoms with Crippen molar-refractivity contribution in [3.8, 4) is 0 Å². The van der Waals surface area contributed by atoms with Gasteiger partial charge in [-0.1, -0.05) is 13.3 Å². The maximum absolute atomic E-state index is 11.6. The van der Waals surface area contributed by atoms with Gasteiger partial charge in [0, 0.05) is 32.0 Å². The maximum Gasteiger partial charge on any atom is 0.328 e. The molecule has 4 nitrogen and oxygen atoms in total. The van der Waals surface area contributed by atoms with Crippen molar-refractivity contribution in [2.75, 3.05) is 13.1 Å². The predicted octanol–water partition coefficient (Wildman–Crippen LogP) is 1.06. The first-order valence-corrected chi connectivity index (χ1v) is 5.75. The Bertz CT molecular complexity index is 327. The molecule has 0 aliphatic heterocycles. The van der Waals surface area contributed by atoms with Crippen LogP contribution in [0.2, 0.25) is 0 Å². The molecule has 86 valence electrons. The molecule has 0 saturated carbocycles. The van der Waals surface area contributed by atoms with E-state index in [2.05, 4.69) is 12.2 Å². The number of aryl methyl sites for hydroxylation is 1. The summed E-state index contributed by atoms with van der Waals surface area (Å²) in [5.41, 5.74) is 0.0924. The first-order chi connectivity index (χ1) is 7.29. The maximum atomic E-state index is 11.6. The number of hydrogen-bond acceptors (Lipinski definition) is 2. The van der Waals surface area contributed by atoms with E-state index >= 15 is 0 Å². The average molecular weight is 211 g/mol. The minimum Gasteiger partial charge on any atom is -0.315 e. The highest BCUT2D eigenvalue weighted by Crippen LogP contribution is 1.85.